The summed E-state index contributed by atoms with van der Waals surface area (Å²) in [5.74, 6) is -0.392. The molecule has 1 aromatic carbocycles. The molecule has 0 aliphatic rings. The van der Waals surface area contributed by atoms with E-state index in [0.29, 0.717) is 17.3 Å². The minimum atomic E-state index is -0.392. The Bertz CT molecular complexity index is 761. The van der Waals surface area contributed by atoms with Gasteiger partial charge in [-0.2, -0.15) is 0 Å². The SMILES string of the molecule is O=c1oc2ccccc2n1Cc1cccnc1Cl. The fourth-order valence-corrected chi connectivity index (χ4v) is 2.05. The van der Waals surface area contributed by atoms with Crippen LogP contribution in [-0.2, 0) is 6.54 Å². The number of oxazole rings is 1. The summed E-state index contributed by atoms with van der Waals surface area (Å²) in [7, 11) is 0. The van der Waals surface area contributed by atoms with Gasteiger partial charge in [0.1, 0.15) is 5.15 Å². The first-order chi connectivity index (χ1) is 8.75. The molecule has 0 saturated carbocycles. The number of para-hydroxylation sites is 2. The van der Waals surface area contributed by atoms with Gasteiger partial charge in [0.2, 0.25) is 0 Å². The van der Waals surface area contributed by atoms with Gasteiger partial charge in [-0.1, -0.05) is 29.8 Å². The highest BCUT2D eigenvalue weighted by atomic mass is 35.5. The summed E-state index contributed by atoms with van der Waals surface area (Å²) in [6.07, 6.45) is 1.61. The Labute approximate surface area is 107 Å². The smallest absolute Gasteiger partial charge is 0.408 e. The van der Waals surface area contributed by atoms with Crippen molar-refractivity contribution >= 4 is 22.7 Å². The Balaban J connectivity index is 2.13. The molecule has 0 unspecified atom stereocenters. The van der Waals surface area contributed by atoms with Gasteiger partial charge in [0.25, 0.3) is 0 Å². The zero-order chi connectivity index (χ0) is 12.5. The zero-order valence-electron chi connectivity index (χ0n) is 9.34. The summed E-state index contributed by atoms with van der Waals surface area (Å²) in [6.45, 7) is 0.350. The lowest BCUT2D eigenvalue weighted by Gasteiger charge is -2.03. The van der Waals surface area contributed by atoms with Crippen LogP contribution in [0.3, 0.4) is 0 Å². The number of nitrogens with zero attached hydrogens (tertiary/aromatic N) is 2. The largest absolute Gasteiger partial charge is 0.420 e. The van der Waals surface area contributed by atoms with Crippen molar-refractivity contribution in [3.05, 3.63) is 63.9 Å². The summed E-state index contributed by atoms with van der Waals surface area (Å²) in [6, 6.07) is 10.9. The van der Waals surface area contributed by atoms with E-state index < -0.39 is 5.76 Å². The van der Waals surface area contributed by atoms with E-state index in [9.17, 15) is 4.79 Å². The van der Waals surface area contributed by atoms with Gasteiger partial charge in [0.05, 0.1) is 12.1 Å². The van der Waals surface area contributed by atoms with Gasteiger partial charge >= 0.3 is 5.76 Å². The van der Waals surface area contributed by atoms with Crippen LogP contribution in [0, 0.1) is 0 Å². The number of hydrogen-bond donors (Lipinski definition) is 0. The molecule has 2 heterocycles. The van der Waals surface area contributed by atoms with E-state index in [-0.39, 0.29) is 0 Å². The Morgan fingerprint density at radius 2 is 2.06 bits per heavy atom. The van der Waals surface area contributed by atoms with Crippen molar-refractivity contribution in [2.45, 2.75) is 6.54 Å². The van der Waals surface area contributed by atoms with Crippen molar-refractivity contribution in [3.8, 4) is 0 Å². The number of fused-ring (bicyclic) bond motifs is 1. The Kier molecular flexibility index (Phi) is 2.64. The number of rotatable bonds is 2. The molecule has 0 saturated heterocycles. The van der Waals surface area contributed by atoms with Crippen LogP contribution in [0.1, 0.15) is 5.56 Å². The zero-order valence-corrected chi connectivity index (χ0v) is 10.1. The van der Waals surface area contributed by atoms with Crippen molar-refractivity contribution < 1.29 is 4.42 Å². The molecule has 0 radical (unpaired) electrons. The lowest BCUT2D eigenvalue weighted by molar-refractivity contribution is 0.517. The molecule has 4 nitrogen and oxygen atoms in total. The number of benzene rings is 1. The van der Waals surface area contributed by atoms with Crippen molar-refractivity contribution in [1.82, 2.24) is 9.55 Å². The summed E-state index contributed by atoms with van der Waals surface area (Å²) in [4.78, 5) is 15.8. The summed E-state index contributed by atoms with van der Waals surface area (Å²) >= 11 is 5.99. The van der Waals surface area contributed by atoms with E-state index >= 15 is 0 Å². The maximum atomic E-state index is 11.8. The highest BCUT2D eigenvalue weighted by Gasteiger charge is 2.10. The van der Waals surface area contributed by atoms with Gasteiger partial charge in [-0.25, -0.2) is 9.78 Å². The molecule has 0 aliphatic carbocycles. The third-order valence-corrected chi connectivity index (χ3v) is 3.08. The summed E-state index contributed by atoms with van der Waals surface area (Å²) in [5, 5.41) is 0.398. The molecule has 0 N–H and O–H groups in total. The maximum absolute atomic E-state index is 11.8. The van der Waals surface area contributed by atoms with E-state index in [1.54, 1.807) is 18.3 Å². The van der Waals surface area contributed by atoms with Gasteiger partial charge in [-0.3, -0.25) is 4.57 Å². The van der Waals surface area contributed by atoms with Crippen LogP contribution in [0.15, 0.2) is 51.8 Å². The van der Waals surface area contributed by atoms with E-state index in [1.165, 1.54) is 4.57 Å². The average Bonchev–Trinajstić information content (AvgIpc) is 2.69. The quantitative estimate of drug-likeness (QED) is 0.666. The second kappa shape index (κ2) is 4.31. The van der Waals surface area contributed by atoms with Gasteiger partial charge < -0.3 is 4.42 Å². The van der Waals surface area contributed by atoms with Crippen molar-refractivity contribution in [1.29, 1.82) is 0 Å². The van der Waals surface area contributed by atoms with Crippen LogP contribution < -0.4 is 5.76 Å². The molecule has 0 amide bonds. The molecule has 18 heavy (non-hydrogen) atoms. The van der Waals surface area contributed by atoms with Crippen LogP contribution in [0.5, 0.6) is 0 Å². The van der Waals surface area contributed by atoms with Gasteiger partial charge in [-0.15, -0.1) is 0 Å². The number of pyridine rings is 1. The van der Waals surface area contributed by atoms with Crippen molar-refractivity contribution in [3.63, 3.8) is 0 Å². The average molecular weight is 261 g/mol. The molecule has 0 fully saturated rings. The number of aromatic nitrogens is 2. The predicted molar refractivity (Wildman–Crippen MR) is 68.8 cm³/mol. The molecule has 0 spiro atoms. The third-order valence-electron chi connectivity index (χ3n) is 2.74. The molecule has 3 rings (SSSR count). The van der Waals surface area contributed by atoms with E-state index in [1.807, 2.05) is 24.3 Å². The topological polar surface area (TPSA) is 48.0 Å². The van der Waals surface area contributed by atoms with Crippen molar-refractivity contribution in [2.24, 2.45) is 0 Å². The number of halogens is 1. The second-order valence-corrected chi connectivity index (χ2v) is 4.23. The second-order valence-electron chi connectivity index (χ2n) is 3.88. The Hall–Kier alpha value is -2.07. The van der Waals surface area contributed by atoms with Crippen LogP contribution in [0.2, 0.25) is 5.15 Å². The number of hydrogen-bond acceptors (Lipinski definition) is 3. The van der Waals surface area contributed by atoms with Crippen LogP contribution in [0.25, 0.3) is 11.1 Å². The molecule has 90 valence electrons. The first-order valence-corrected chi connectivity index (χ1v) is 5.81. The van der Waals surface area contributed by atoms with E-state index in [2.05, 4.69) is 4.98 Å². The van der Waals surface area contributed by atoms with E-state index in [0.717, 1.165) is 11.1 Å². The molecular weight excluding hydrogens is 252 g/mol. The van der Waals surface area contributed by atoms with E-state index in [4.69, 9.17) is 16.0 Å². The summed E-state index contributed by atoms with van der Waals surface area (Å²) in [5.41, 5.74) is 2.11. The monoisotopic (exact) mass is 260 g/mol. The Morgan fingerprint density at radius 3 is 2.89 bits per heavy atom. The Morgan fingerprint density at radius 1 is 1.22 bits per heavy atom. The van der Waals surface area contributed by atoms with Crippen LogP contribution in [0.4, 0.5) is 0 Å². The molecule has 0 aliphatic heterocycles. The van der Waals surface area contributed by atoms with Gasteiger partial charge in [-0.05, 0) is 18.2 Å². The molecule has 3 aromatic rings. The fraction of sp³-hybridized carbons (Fsp3) is 0.0769. The highest BCUT2D eigenvalue weighted by Crippen LogP contribution is 2.17. The third kappa shape index (κ3) is 1.80. The molecule has 0 atom stereocenters. The summed E-state index contributed by atoms with van der Waals surface area (Å²) < 4.78 is 6.69. The predicted octanol–water partition coefficient (Wildman–Crippen LogP) is 2.69. The standard InChI is InChI=1S/C13H9ClN2O2/c14-12-9(4-3-7-15-12)8-16-10-5-1-2-6-11(10)18-13(16)17/h1-7H,8H2. The van der Waals surface area contributed by atoms with Crippen LogP contribution in [-0.4, -0.2) is 9.55 Å². The first kappa shape index (κ1) is 11.0. The lowest BCUT2D eigenvalue weighted by atomic mass is 10.2. The lowest BCUT2D eigenvalue weighted by Crippen LogP contribution is -2.15. The minimum Gasteiger partial charge on any atom is -0.408 e. The first-order valence-electron chi connectivity index (χ1n) is 5.43. The van der Waals surface area contributed by atoms with Crippen molar-refractivity contribution in [2.75, 3.05) is 0 Å². The minimum absolute atomic E-state index is 0.350. The molecule has 5 heteroatoms. The maximum Gasteiger partial charge on any atom is 0.420 e. The normalized spacial score (nSPS) is 10.9. The van der Waals surface area contributed by atoms with Gasteiger partial charge in [0.15, 0.2) is 5.58 Å². The van der Waals surface area contributed by atoms with Gasteiger partial charge in [0, 0.05) is 11.8 Å². The molecule has 2 aromatic heterocycles. The molecule has 0 bridgehead atoms. The fourth-order valence-electron chi connectivity index (χ4n) is 1.87. The highest BCUT2D eigenvalue weighted by molar-refractivity contribution is 6.30. The molecular formula is C13H9ClN2O2. The van der Waals surface area contributed by atoms with Crippen LogP contribution >= 0.6 is 11.6 Å².